The van der Waals surface area contributed by atoms with Crippen LogP contribution in [0.4, 0.5) is 0 Å². The molecular formula is C14H8O4S-2. The van der Waals surface area contributed by atoms with Gasteiger partial charge in [-0.1, -0.05) is 36.0 Å². The van der Waals surface area contributed by atoms with Gasteiger partial charge in [0.2, 0.25) is 0 Å². The van der Waals surface area contributed by atoms with E-state index in [-0.39, 0.29) is 11.1 Å². The van der Waals surface area contributed by atoms with Crippen LogP contribution in [0.2, 0.25) is 0 Å². The zero-order chi connectivity index (χ0) is 13.8. The SMILES string of the molecule is O=C([O-])c1cccc(Sc2cccc(C(=O)[O-])c2)c1. The van der Waals surface area contributed by atoms with Gasteiger partial charge in [0.05, 0.1) is 11.9 Å². The Hall–Kier alpha value is -2.27. The van der Waals surface area contributed by atoms with Gasteiger partial charge in [-0.15, -0.1) is 0 Å². The van der Waals surface area contributed by atoms with Crippen LogP contribution in [-0.2, 0) is 0 Å². The Bertz CT molecular complexity index is 581. The summed E-state index contributed by atoms with van der Waals surface area (Å²) in [5, 5.41) is 21.5. The summed E-state index contributed by atoms with van der Waals surface area (Å²) in [5.41, 5.74) is 0.169. The Balaban J connectivity index is 2.26. The van der Waals surface area contributed by atoms with E-state index >= 15 is 0 Å². The zero-order valence-corrected chi connectivity index (χ0v) is 10.5. The number of carboxylic acid groups (broad SMARTS) is 2. The van der Waals surface area contributed by atoms with Crippen molar-refractivity contribution in [2.75, 3.05) is 0 Å². The molecule has 96 valence electrons. The van der Waals surface area contributed by atoms with Crippen LogP contribution in [0.5, 0.6) is 0 Å². The molecule has 0 atom stereocenters. The minimum atomic E-state index is -1.24. The normalized spacial score (nSPS) is 10.1. The van der Waals surface area contributed by atoms with Gasteiger partial charge in [-0.3, -0.25) is 0 Å². The zero-order valence-electron chi connectivity index (χ0n) is 9.66. The molecule has 5 heteroatoms. The summed E-state index contributed by atoms with van der Waals surface area (Å²) in [5.74, 6) is -2.49. The molecule has 0 spiro atoms. The largest absolute Gasteiger partial charge is 0.545 e. The maximum Gasteiger partial charge on any atom is 0.0715 e. The fraction of sp³-hybridized carbons (Fsp3) is 0. The van der Waals surface area contributed by atoms with Crippen LogP contribution in [0.3, 0.4) is 0 Å². The van der Waals surface area contributed by atoms with Crippen molar-refractivity contribution in [1.82, 2.24) is 0 Å². The summed E-state index contributed by atoms with van der Waals surface area (Å²) in [7, 11) is 0. The van der Waals surface area contributed by atoms with E-state index < -0.39 is 11.9 Å². The summed E-state index contributed by atoms with van der Waals surface area (Å²) in [6.07, 6.45) is 0. The van der Waals surface area contributed by atoms with Crippen LogP contribution in [0.1, 0.15) is 20.7 Å². The quantitative estimate of drug-likeness (QED) is 0.812. The van der Waals surface area contributed by atoms with E-state index in [9.17, 15) is 19.8 Å². The maximum absolute atomic E-state index is 10.7. The Morgan fingerprint density at radius 3 is 1.58 bits per heavy atom. The first-order valence-electron chi connectivity index (χ1n) is 5.37. The summed E-state index contributed by atoms with van der Waals surface area (Å²) in [6.45, 7) is 0. The van der Waals surface area contributed by atoms with Crippen molar-refractivity contribution in [2.45, 2.75) is 9.79 Å². The molecule has 0 saturated heterocycles. The van der Waals surface area contributed by atoms with E-state index in [2.05, 4.69) is 0 Å². The van der Waals surface area contributed by atoms with E-state index in [1.807, 2.05) is 0 Å². The van der Waals surface area contributed by atoms with Crippen molar-refractivity contribution in [2.24, 2.45) is 0 Å². The van der Waals surface area contributed by atoms with Crippen LogP contribution in [0, 0.1) is 0 Å². The number of rotatable bonds is 4. The second kappa shape index (κ2) is 5.58. The summed E-state index contributed by atoms with van der Waals surface area (Å²) < 4.78 is 0. The van der Waals surface area contributed by atoms with Crippen LogP contribution in [0.25, 0.3) is 0 Å². The molecular weight excluding hydrogens is 264 g/mol. The van der Waals surface area contributed by atoms with Gasteiger partial charge in [-0.2, -0.15) is 0 Å². The fourth-order valence-electron chi connectivity index (χ4n) is 1.51. The molecule has 0 saturated carbocycles. The smallest absolute Gasteiger partial charge is 0.0715 e. The summed E-state index contributed by atoms with van der Waals surface area (Å²) in [6, 6.07) is 12.5. The molecule has 0 fully saturated rings. The second-order valence-corrected chi connectivity index (χ2v) is 4.88. The van der Waals surface area contributed by atoms with Gasteiger partial charge >= 0.3 is 0 Å². The van der Waals surface area contributed by atoms with E-state index in [1.165, 1.54) is 36.0 Å². The van der Waals surface area contributed by atoms with Crippen molar-refractivity contribution in [3.63, 3.8) is 0 Å². The molecule has 0 aliphatic carbocycles. The molecule has 2 aromatic carbocycles. The molecule has 0 heterocycles. The Labute approximate surface area is 113 Å². The number of hydrogen-bond acceptors (Lipinski definition) is 5. The van der Waals surface area contributed by atoms with Crippen molar-refractivity contribution < 1.29 is 19.8 Å². The number of carbonyl (C=O) groups is 2. The van der Waals surface area contributed by atoms with Gasteiger partial charge < -0.3 is 19.8 Å². The standard InChI is InChI=1S/C14H10O4S/c15-13(16)9-3-1-5-11(7-9)19-12-6-2-4-10(8-12)14(17)18/h1-8H,(H,15,16)(H,17,18)/p-2. The lowest BCUT2D eigenvalue weighted by atomic mass is 10.2. The van der Waals surface area contributed by atoms with Gasteiger partial charge in [0.25, 0.3) is 0 Å². The molecule has 0 aliphatic rings. The summed E-state index contributed by atoms with van der Waals surface area (Å²) in [4.78, 5) is 22.9. The Kier molecular flexibility index (Phi) is 3.87. The van der Waals surface area contributed by atoms with Crippen molar-refractivity contribution in [3.8, 4) is 0 Å². The fourth-order valence-corrected chi connectivity index (χ4v) is 2.45. The molecule has 2 aromatic rings. The van der Waals surface area contributed by atoms with Crippen molar-refractivity contribution >= 4 is 23.7 Å². The first kappa shape index (κ1) is 13.2. The van der Waals surface area contributed by atoms with Crippen molar-refractivity contribution in [1.29, 1.82) is 0 Å². The number of carboxylic acids is 2. The highest BCUT2D eigenvalue weighted by molar-refractivity contribution is 7.99. The third-order valence-corrected chi connectivity index (χ3v) is 3.35. The first-order valence-corrected chi connectivity index (χ1v) is 6.18. The molecule has 2 rings (SSSR count). The monoisotopic (exact) mass is 272 g/mol. The minimum Gasteiger partial charge on any atom is -0.545 e. The van der Waals surface area contributed by atoms with Gasteiger partial charge in [0.1, 0.15) is 0 Å². The van der Waals surface area contributed by atoms with Gasteiger partial charge in [-0.05, 0) is 35.4 Å². The maximum atomic E-state index is 10.7. The molecule has 19 heavy (non-hydrogen) atoms. The van der Waals surface area contributed by atoms with Gasteiger partial charge in [0.15, 0.2) is 0 Å². The highest BCUT2D eigenvalue weighted by Gasteiger charge is 2.01. The van der Waals surface area contributed by atoms with E-state index in [1.54, 1.807) is 24.3 Å². The van der Waals surface area contributed by atoms with Crippen LogP contribution >= 0.6 is 11.8 Å². The highest BCUT2D eigenvalue weighted by Crippen LogP contribution is 2.28. The molecule has 0 aromatic heterocycles. The van der Waals surface area contributed by atoms with E-state index in [4.69, 9.17) is 0 Å². The topological polar surface area (TPSA) is 80.3 Å². The lowest BCUT2D eigenvalue weighted by Gasteiger charge is -2.07. The summed E-state index contributed by atoms with van der Waals surface area (Å²) >= 11 is 1.27. The molecule has 0 aliphatic heterocycles. The number of hydrogen-bond donors (Lipinski definition) is 0. The highest BCUT2D eigenvalue weighted by atomic mass is 32.2. The van der Waals surface area contributed by atoms with Crippen molar-refractivity contribution in [3.05, 3.63) is 59.7 Å². The van der Waals surface area contributed by atoms with Gasteiger partial charge in [0, 0.05) is 9.79 Å². The third-order valence-electron chi connectivity index (χ3n) is 2.38. The molecule has 0 N–H and O–H groups in total. The first-order chi connectivity index (χ1) is 9.06. The van der Waals surface area contributed by atoms with Crippen LogP contribution < -0.4 is 10.2 Å². The third kappa shape index (κ3) is 3.35. The van der Waals surface area contributed by atoms with E-state index in [0.717, 1.165) is 0 Å². The number of benzene rings is 2. The Morgan fingerprint density at radius 1 is 0.789 bits per heavy atom. The molecule has 0 unspecified atom stereocenters. The lowest BCUT2D eigenvalue weighted by molar-refractivity contribution is -0.256. The molecule has 0 radical (unpaired) electrons. The van der Waals surface area contributed by atoms with E-state index in [0.29, 0.717) is 9.79 Å². The Morgan fingerprint density at radius 2 is 1.21 bits per heavy atom. The van der Waals surface area contributed by atoms with Crippen LogP contribution in [0.15, 0.2) is 58.3 Å². The number of aromatic carboxylic acids is 2. The predicted molar refractivity (Wildman–Crippen MR) is 65.7 cm³/mol. The molecule has 4 nitrogen and oxygen atoms in total. The predicted octanol–water partition coefficient (Wildman–Crippen LogP) is 0.565. The minimum absolute atomic E-state index is 0.0843. The average Bonchev–Trinajstić information content (AvgIpc) is 2.39. The molecule has 0 bridgehead atoms. The van der Waals surface area contributed by atoms with Gasteiger partial charge in [-0.25, -0.2) is 0 Å². The van der Waals surface area contributed by atoms with Crippen LogP contribution in [-0.4, -0.2) is 11.9 Å². The number of carbonyl (C=O) groups excluding carboxylic acids is 2. The lowest BCUT2D eigenvalue weighted by Crippen LogP contribution is -2.22. The second-order valence-electron chi connectivity index (χ2n) is 3.73. The molecule has 0 amide bonds. The average molecular weight is 272 g/mol.